The average molecular weight is 255 g/mol. The lowest BCUT2D eigenvalue weighted by atomic mass is 10.0. The maximum Gasteiger partial charge on any atom is 0.0632 e. The summed E-state index contributed by atoms with van der Waals surface area (Å²) in [7, 11) is 0. The second kappa shape index (κ2) is 5.00. The fraction of sp³-hybridized carbons (Fsp3) is 0.375. The highest BCUT2D eigenvalue weighted by Gasteiger charge is 2.26. The number of hydrogen-bond donors (Lipinski definition) is 0. The first-order chi connectivity index (χ1) is 8.91. The zero-order chi connectivity index (χ0) is 14.0. The lowest BCUT2D eigenvalue weighted by Gasteiger charge is -2.38. The largest absolute Gasteiger partial charge is 0.333 e. The van der Waals surface area contributed by atoms with Gasteiger partial charge in [-0.25, -0.2) is 0 Å². The molecule has 100 valence electrons. The van der Waals surface area contributed by atoms with E-state index in [0.29, 0.717) is 0 Å². The normalized spacial score (nSPS) is 11.4. The molecule has 0 aliphatic heterocycles. The van der Waals surface area contributed by atoms with E-state index in [1.807, 2.05) is 38.4 Å². The smallest absolute Gasteiger partial charge is 0.0632 e. The predicted octanol–water partition coefficient (Wildman–Crippen LogP) is 4.03. The Balaban J connectivity index is 2.62. The van der Waals surface area contributed by atoms with Crippen LogP contribution in [0.1, 0.15) is 32.2 Å². The number of hydrogen-bond acceptors (Lipinski definition) is 3. The predicted molar refractivity (Wildman–Crippen MR) is 79.8 cm³/mol. The van der Waals surface area contributed by atoms with E-state index in [1.54, 1.807) is 0 Å². The van der Waals surface area contributed by atoms with Crippen LogP contribution in [0, 0.1) is 13.8 Å². The van der Waals surface area contributed by atoms with Crippen LogP contribution in [0.2, 0.25) is 0 Å². The van der Waals surface area contributed by atoms with Gasteiger partial charge in [0.1, 0.15) is 0 Å². The minimum atomic E-state index is -0.0401. The van der Waals surface area contributed by atoms with Crippen LogP contribution in [-0.4, -0.2) is 15.5 Å². The van der Waals surface area contributed by atoms with Crippen LogP contribution in [-0.2, 0) is 0 Å². The van der Waals surface area contributed by atoms with Crippen LogP contribution in [0.25, 0.3) is 0 Å². The molecule has 0 saturated carbocycles. The van der Waals surface area contributed by atoms with Crippen molar-refractivity contribution < 1.29 is 0 Å². The summed E-state index contributed by atoms with van der Waals surface area (Å²) in [5.41, 5.74) is 4.28. The fourth-order valence-corrected chi connectivity index (χ4v) is 2.28. The number of rotatable bonds is 2. The van der Waals surface area contributed by atoms with Crippen molar-refractivity contribution in [1.29, 1.82) is 0 Å². The van der Waals surface area contributed by atoms with E-state index in [9.17, 15) is 0 Å². The van der Waals surface area contributed by atoms with E-state index in [1.165, 1.54) is 0 Å². The van der Waals surface area contributed by atoms with Crippen LogP contribution in [0.3, 0.4) is 0 Å². The topological polar surface area (TPSA) is 29.0 Å². The Kier molecular flexibility index (Phi) is 3.56. The van der Waals surface area contributed by atoms with E-state index in [-0.39, 0.29) is 5.54 Å². The molecule has 0 aromatic carbocycles. The third-order valence-electron chi connectivity index (χ3n) is 3.11. The van der Waals surface area contributed by atoms with Gasteiger partial charge < -0.3 is 4.90 Å². The zero-order valence-electron chi connectivity index (χ0n) is 12.3. The van der Waals surface area contributed by atoms with Crippen molar-refractivity contribution in [3.8, 4) is 0 Å². The Morgan fingerprint density at radius 3 is 1.58 bits per heavy atom. The number of aromatic nitrogens is 2. The summed E-state index contributed by atoms with van der Waals surface area (Å²) in [6.45, 7) is 10.7. The van der Waals surface area contributed by atoms with Gasteiger partial charge in [0, 0.05) is 17.9 Å². The molecular formula is C16H21N3. The van der Waals surface area contributed by atoms with E-state index in [2.05, 4.69) is 47.8 Å². The molecule has 2 rings (SSSR count). The van der Waals surface area contributed by atoms with Crippen molar-refractivity contribution >= 4 is 11.4 Å². The first-order valence-electron chi connectivity index (χ1n) is 6.55. The number of aryl methyl sites for hydroxylation is 2. The van der Waals surface area contributed by atoms with Gasteiger partial charge in [-0.3, -0.25) is 9.97 Å². The molecule has 0 bridgehead atoms. The monoisotopic (exact) mass is 255 g/mol. The standard InChI is InChI=1S/C16H21N3/c1-12-14(8-6-10-17-12)19(16(3,4)5)15-9-7-11-18-13(15)2/h6-11H,1-5H3. The van der Waals surface area contributed by atoms with Crippen molar-refractivity contribution in [1.82, 2.24) is 9.97 Å². The van der Waals surface area contributed by atoms with Crippen molar-refractivity contribution in [3.05, 3.63) is 48.0 Å². The molecule has 0 N–H and O–H groups in total. The second-order valence-electron chi connectivity index (χ2n) is 5.72. The van der Waals surface area contributed by atoms with Gasteiger partial charge in [-0.15, -0.1) is 0 Å². The molecule has 0 unspecified atom stereocenters. The highest BCUT2D eigenvalue weighted by Crippen LogP contribution is 2.35. The zero-order valence-corrected chi connectivity index (χ0v) is 12.3. The van der Waals surface area contributed by atoms with Crippen LogP contribution in [0.5, 0.6) is 0 Å². The summed E-state index contributed by atoms with van der Waals surface area (Å²) in [5, 5.41) is 0. The third-order valence-corrected chi connectivity index (χ3v) is 3.11. The van der Waals surface area contributed by atoms with Gasteiger partial charge in [0.2, 0.25) is 0 Å². The Morgan fingerprint density at radius 1 is 0.842 bits per heavy atom. The molecule has 3 nitrogen and oxygen atoms in total. The van der Waals surface area contributed by atoms with Gasteiger partial charge >= 0.3 is 0 Å². The quantitative estimate of drug-likeness (QED) is 0.811. The van der Waals surface area contributed by atoms with Crippen molar-refractivity contribution in [3.63, 3.8) is 0 Å². The van der Waals surface area contributed by atoms with Gasteiger partial charge in [0.15, 0.2) is 0 Å². The molecule has 0 amide bonds. The SMILES string of the molecule is Cc1ncccc1N(c1cccnc1C)C(C)(C)C. The van der Waals surface area contributed by atoms with E-state index in [4.69, 9.17) is 0 Å². The first-order valence-corrected chi connectivity index (χ1v) is 6.55. The Bertz CT molecular complexity index is 525. The van der Waals surface area contributed by atoms with Gasteiger partial charge in [0.25, 0.3) is 0 Å². The lowest BCUT2D eigenvalue weighted by molar-refractivity contribution is 0.557. The summed E-state index contributed by atoms with van der Waals surface area (Å²) in [5.74, 6) is 0. The molecule has 2 aromatic heterocycles. The Hall–Kier alpha value is -1.90. The van der Waals surface area contributed by atoms with Crippen LogP contribution in [0.15, 0.2) is 36.7 Å². The van der Waals surface area contributed by atoms with E-state index >= 15 is 0 Å². The molecule has 3 heteroatoms. The van der Waals surface area contributed by atoms with Gasteiger partial charge in [-0.2, -0.15) is 0 Å². The summed E-state index contributed by atoms with van der Waals surface area (Å²) in [6, 6.07) is 8.18. The minimum Gasteiger partial charge on any atom is -0.333 e. The Morgan fingerprint density at radius 2 is 1.26 bits per heavy atom. The number of anilines is 2. The first kappa shape index (κ1) is 13.5. The highest BCUT2D eigenvalue weighted by molar-refractivity contribution is 5.68. The highest BCUT2D eigenvalue weighted by atomic mass is 15.2. The number of pyridine rings is 2. The summed E-state index contributed by atoms with van der Waals surface area (Å²) in [6.07, 6.45) is 3.66. The molecule has 2 aromatic rings. The van der Waals surface area contributed by atoms with Gasteiger partial charge in [0.05, 0.1) is 22.8 Å². The maximum absolute atomic E-state index is 4.41. The summed E-state index contributed by atoms with van der Waals surface area (Å²) in [4.78, 5) is 11.1. The molecule has 0 spiro atoms. The summed E-state index contributed by atoms with van der Waals surface area (Å²) < 4.78 is 0. The number of nitrogens with zero attached hydrogens (tertiary/aromatic N) is 3. The molecule has 0 radical (unpaired) electrons. The lowest BCUT2D eigenvalue weighted by Crippen LogP contribution is -2.38. The minimum absolute atomic E-state index is 0.0401. The molecule has 0 saturated heterocycles. The fourth-order valence-electron chi connectivity index (χ4n) is 2.28. The van der Waals surface area contributed by atoms with E-state index < -0.39 is 0 Å². The molecule has 0 atom stereocenters. The average Bonchev–Trinajstić information content (AvgIpc) is 2.33. The maximum atomic E-state index is 4.41. The Labute approximate surface area is 115 Å². The van der Waals surface area contributed by atoms with Crippen LogP contribution in [0.4, 0.5) is 11.4 Å². The van der Waals surface area contributed by atoms with Crippen molar-refractivity contribution in [2.75, 3.05) is 4.90 Å². The molecule has 2 heterocycles. The van der Waals surface area contributed by atoms with Crippen LogP contribution >= 0.6 is 0 Å². The van der Waals surface area contributed by atoms with Gasteiger partial charge in [-0.1, -0.05) is 0 Å². The van der Waals surface area contributed by atoms with Gasteiger partial charge in [-0.05, 0) is 58.9 Å². The molecule has 0 aliphatic carbocycles. The third kappa shape index (κ3) is 2.75. The second-order valence-corrected chi connectivity index (χ2v) is 5.72. The van der Waals surface area contributed by atoms with E-state index in [0.717, 1.165) is 22.8 Å². The molecule has 0 aliphatic rings. The summed E-state index contributed by atoms with van der Waals surface area (Å²) >= 11 is 0. The van der Waals surface area contributed by atoms with Crippen molar-refractivity contribution in [2.45, 2.75) is 40.2 Å². The van der Waals surface area contributed by atoms with Crippen LogP contribution < -0.4 is 4.90 Å². The molecular weight excluding hydrogens is 234 g/mol. The molecule has 19 heavy (non-hydrogen) atoms. The van der Waals surface area contributed by atoms with Crippen molar-refractivity contribution in [2.24, 2.45) is 0 Å². The molecule has 0 fully saturated rings.